The number of allylic oxidation sites excluding steroid dienone is 1. The fourth-order valence-corrected chi connectivity index (χ4v) is 2.59. The Kier molecular flexibility index (Phi) is 4.65. The van der Waals surface area contributed by atoms with Crippen LogP contribution in [0.3, 0.4) is 0 Å². The van der Waals surface area contributed by atoms with Gasteiger partial charge in [-0.25, -0.2) is 4.98 Å². The molecule has 0 unspecified atom stereocenters. The first-order valence-corrected chi connectivity index (χ1v) is 7.97. The molecule has 3 rings (SSSR count). The molecule has 0 radical (unpaired) electrons. The van der Waals surface area contributed by atoms with Crippen LogP contribution in [-0.2, 0) is 0 Å². The van der Waals surface area contributed by atoms with E-state index in [4.69, 9.17) is 5.73 Å². The van der Waals surface area contributed by atoms with Gasteiger partial charge < -0.3 is 16.4 Å². The number of pyridine rings is 1. The summed E-state index contributed by atoms with van der Waals surface area (Å²) in [5.74, 6) is 0.506. The zero-order valence-corrected chi connectivity index (χ0v) is 13.8. The maximum atomic E-state index is 5.97. The predicted molar refractivity (Wildman–Crippen MR) is 99.7 cm³/mol. The minimum atomic E-state index is 0.506. The van der Waals surface area contributed by atoms with Crippen molar-refractivity contribution in [2.24, 2.45) is 0 Å². The molecule has 0 saturated heterocycles. The van der Waals surface area contributed by atoms with Crippen LogP contribution in [0, 0.1) is 0 Å². The van der Waals surface area contributed by atoms with Gasteiger partial charge >= 0.3 is 0 Å². The number of nitrogens with zero attached hydrogens (tertiary/aromatic N) is 2. The molecular weight excluding hydrogens is 300 g/mol. The topological polar surface area (TPSA) is 91.7 Å². The lowest BCUT2D eigenvalue weighted by Gasteiger charge is -2.12. The molecule has 2 aromatic heterocycles. The molecule has 5 N–H and O–H groups in total. The highest BCUT2D eigenvalue weighted by Crippen LogP contribution is 2.28. The van der Waals surface area contributed by atoms with Crippen LogP contribution < -0.4 is 16.4 Å². The van der Waals surface area contributed by atoms with Gasteiger partial charge in [-0.2, -0.15) is 5.10 Å². The quantitative estimate of drug-likeness (QED) is 0.502. The summed E-state index contributed by atoms with van der Waals surface area (Å²) >= 11 is 0. The predicted octanol–water partition coefficient (Wildman–Crippen LogP) is 3.13. The van der Waals surface area contributed by atoms with E-state index < -0.39 is 0 Å². The SMILES string of the molecule is C=C(C)NCCCNc1cc(N)nc2cc(-c3ccn[nH]3)ccc12. The van der Waals surface area contributed by atoms with E-state index >= 15 is 0 Å². The fraction of sp³-hybridized carbons (Fsp3) is 0.222. The number of benzene rings is 1. The number of anilines is 2. The number of aromatic amines is 1. The van der Waals surface area contributed by atoms with Crippen molar-refractivity contribution < 1.29 is 0 Å². The van der Waals surface area contributed by atoms with Crippen molar-refractivity contribution in [3.05, 3.63) is 48.8 Å². The Morgan fingerprint density at radius 2 is 2.12 bits per heavy atom. The summed E-state index contributed by atoms with van der Waals surface area (Å²) in [6, 6.07) is 9.95. The van der Waals surface area contributed by atoms with Gasteiger partial charge in [-0.05, 0) is 25.5 Å². The van der Waals surface area contributed by atoms with Crippen LogP contribution in [0.4, 0.5) is 11.5 Å². The van der Waals surface area contributed by atoms with Crippen LogP contribution in [0.15, 0.2) is 48.8 Å². The van der Waals surface area contributed by atoms with Crippen molar-refractivity contribution in [1.29, 1.82) is 0 Å². The lowest BCUT2D eigenvalue weighted by molar-refractivity contribution is 0.749. The van der Waals surface area contributed by atoms with Gasteiger partial charge in [0.2, 0.25) is 0 Å². The second-order valence-electron chi connectivity index (χ2n) is 5.78. The standard InChI is InChI=1S/C18H22N6/c1-12(2)20-7-3-8-21-16-11-18(19)23-17-10-13(4-5-14(16)17)15-6-9-22-24-15/h4-6,9-11,20H,1,3,7-8H2,2H3,(H,22,24)(H3,19,21,23). The van der Waals surface area contributed by atoms with E-state index in [2.05, 4.69) is 44.5 Å². The van der Waals surface area contributed by atoms with Crippen molar-refractivity contribution in [2.45, 2.75) is 13.3 Å². The number of hydrogen-bond acceptors (Lipinski definition) is 5. The van der Waals surface area contributed by atoms with Crippen LogP contribution in [-0.4, -0.2) is 28.3 Å². The highest BCUT2D eigenvalue weighted by Gasteiger charge is 2.07. The van der Waals surface area contributed by atoms with Gasteiger partial charge in [0.15, 0.2) is 0 Å². The smallest absolute Gasteiger partial charge is 0.126 e. The maximum absolute atomic E-state index is 5.97. The van der Waals surface area contributed by atoms with Gasteiger partial charge in [-0.3, -0.25) is 5.10 Å². The van der Waals surface area contributed by atoms with Gasteiger partial charge in [0.25, 0.3) is 0 Å². The fourth-order valence-electron chi connectivity index (χ4n) is 2.59. The number of fused-ring (bicyclic) bond motifs is 1. The molecule has 0 spiro atoms. The molecule has 3 aromatic rings. The Bertz CT molecular complexity index is 838. The average Bonchev–Trinajstić information content (AvgIpc) is 3.07. The van der Waals surface area contributed by atoms with Crippen LogP contribution in [0.1, 0.15) is 13.3 Å². The third-order valence-corrected chi connectivity index (χ3v) is 3.74. The van der Waals surface area contributed by atoms with Gasteiger partial charge in [0.1, 0.15) is 5.82 Å². The molecular formula is C18H22N6. The van der Waals surface area contributed by atoms with Gasteiger partial charge in [-0.15, -0.1) is 0 Å². The first-order chi connectivity index (χ1) is 11.6. The first kappa shape index (κ1) is 15.9. The lowest BCUT2D eigenvalue weighted by Crippen LogP contribution is -2.15. The van der Waals surface area contributed by atoms with Gasteiger partial charge in [0.05, 0.1) is 11.2 Å². The summed E-state index contributed by atoms with van der Waals surface area (Å²) in [6.07, 6.45) is 2.72. The highest BCUT2D eigenvalue weighted by molar-refractivity contribution is 5.95. The maximum Gasteiger partial charge on any atom is 0.126 e. The second kappa shape index (κ2) is 7.04. The normalized spacial score (nSPS) is 10.7. The molecule has 0 atom stereocenters. The number of nitrogens with one attached hydrogen (secondary N) is 3. The van der Waals surface area contributed by atoms with Crippen molar-refractivity contribution in [1.82, 2.24) is 20.5 Å². The Labute approximate surface area is 141 Å². The third kappa shape index (κ3) is 3.65. The summed E-state index contributed by atoms with van der Waals surface area (Å²) in [5.41, 5.74) is 10.8. The molecule has 0 saturated carbocycles. The minimum Gasteiger partial charge on any atom is -0.389 e. The summed E-state index contributed by atoms with van der Waals surface area (Å²) in [6.45, 7) is 7.53. The zero-order chi connectivity index (χ0) is 16.9. The third-order valence-electron chi connectivity index (χ3n) is 3.74. The Morgan fingerprint density at radius 3 is 2.88 bits per heavy atom. The number of nitrogens with two attached hydrogens (primary N) is 1. The van der Waals surface area contributed by atoms with Crippen LogP contribution in [0.25, 0.3) is 22.2 Å². The number of rotatable bonds is 7. The van der Waals surface area contributed by atoms with E-state index in [1.165, 1.54) is 0 Å². The molecule has 0 aliphatic carbocycles. The van der Waals surface area contributed by atoms with Crippen LogP contribution in [0.2, 0.25) is 0 Å². The highest BCUT2D eigenvalue weighted by atomic mass is 15.1. The van der Waals surface area contributed by atoms with Crippen molar-refractivity contribution in [3.63, 3.8) is 0 Å². The molecule has 1 aromatic carbocycles. The largest absolute Gasteiger partial charge is 0.389 e. The van der Waals surface area contributed by atoms with Gasteiger partial charge in [0, 0.05) is 47.7 Å². The lowest BCUT2D eigenvalue weighted by atomic mass is 10.1. The minimum absolute atomic E-state index is 0.506. The van der Waals surface area contributed by atoms with Crippen LogP contribution >= 0.6 is 0 Å². The van der Waals surface area contributed by atoms with E-state index in [0.29, 0.717) is 5.82 Å². The number of aromatic nitrogens is 3. The zero-order valence-electron chi connectivity index (χ0n) is 13.8. The van der Waals surface area contributed by atoms with Crippen LogP contribution in [0.5, 0.6) is 0 Å². The average molecular weight is 322 g/mol. The monoisotopic (exact) mass is 322 g/mol. The summed E-state index contributed by atoms with van der Waals surface area (Å²) in [5, 5.41) is 14.7. The molecule has 124 valence electrons. The van der Waals surface area contributed by atoms with E-state index in [1.54, 1.807) is 6.20 Å². The molecule has 2 heterocycles. The number of nitrogen functional groups attached to an aromatic ring is 1. The summed E-state index contributed by atoms with van der Waals surface area (Å²) in [4.78, 5) is 4.45. The molecule has 24 heavy (non-hydrogen) atoms. The molecule has 0 bridgehead atoms. The Morgan fingerprint density at radius 1 is 1.25 bits per heavy atom. The van der Waals surface area contributed by atoms with Crippen molar-refractivity contribution in [3.8, 4) is 11.3 Å². The molecule has 0 fully saturated rings. The molecule has 0 amide bonds. The first-order valence-electron chi connectivity index (χ1n) is 7.97. The van der Waals surface area contributed by atoms with E-state index in [9.17, 15) is 0 Å². The molecule has 6 nitrogen and oxygen atoms in total. The van der Waals surface area contributed by atoms with E-state index in [1.807, 2.05) is 25.1 Å². The Hall–Kier alpha value is -3.02. The van der Waals surface area contributed by atoms with E-state index in [0.717, 1.165) is 53.1 Å². The number of hydrogen-bond donors (Lipinski definition) is 4. The molecule has 6 heteroatoms. The molecule has 0 aliphatic heterocycles. The van der Waals surface area contributed by atoms with E-state index in [-0.39, 0.29) is 0 Å². The summed E-state index contributed by atoms with van der Waals surface area (Å²) in [7, 11) is 0. The van der Waals surface area contributed by atoms with Crippen molar-refractivity contribution in [2.75, 3.05) is 24.1 Å². The van der Waals surface area contributed by atoms with Gasteiger partial charge in [-0.1, -0.05) is 18.7 Å². The Balaban J connectivity index is 1.79. The second-order valence-corrected chi connectivity index (χ2v) is 5.78. The molecule has 0 aliphatic rings. The van der Waals surface area contributed by atoms with Crippen molar-refractivity contribution >= 4 is 22.4 Å². The number of H-pyrrole nitrogens is 1. The summed E-state index contributed by atoms with van der Waals surface area (Å²) < 4.78 is 0.